The second-order valence-electron chi connectivity index (χ2n) is 4.81. The zero-order valence-corrected chi connectivity index (χ0v) is 10.4. The summed E-state index contributed by atoms with van der Waals surface area (Å²) in [5.41, 5.74) is 2.02. The standard InChI is InChI=1S/C13H18N4/c1-3-13(7-5-9-15-13)12-16-10-6-4-8-14-11(10)17(12)2/h4,6,8,15H,3,5,7,9H2,1-2H3. The Morgan fingerprint density at radius 1 is 1.53 bits per heavy atom. The fourth-order valence-corrected chi connectivity index (χ4v) is 2.91. The molecule has 4 heteroatoms. The van der Waals surface area contributed by atoms with Gasteiger partial charge in [-0.15, -0.1) is 0 Å². The Morgan fingerprint density at radius 3 is 3.06 bits per heavy atom. The van der Waals surface area contributed by atoms with Gasteiger partial charge in [0.2, 0.25) is 0 Å². The van der Waals surface area contributed by atoms with Gasteiger partial charge < -0.3 is 9.88 Å². The van der Waals surface area contributed by atoms with Crippen LogP contribution in [-0.4, -0.2) is 21.1 Å². The Balaban J connectivity index is 2.19. The molecule has 17 heavy (non-hydrogen) atoms. The zero-order valence-electron chi connectivity index (χ0n) is 10.4. The Hall–Kier alpha value is -1.42. The highest BCUT2D eigenvalue weighted by Crippen LogP contribution is 2.34. The molecular formula is C13H18N4. The smallest absolute Gasteiger partial charge is 0.159 e. The Labute approximate surface area is 101 Å². The quantitative estimate of drug-likeness (QED) is 0.857. The van der Waals surface area contributed by atoms with Crippen LogP contribution in [0, 0.1) is 0 Å². The maximum absolute atomic E-state index is 4.78. The van der Waals surface area contributed by atoms with E-state index in [0.717, 1.165) is 30.0 Å². The molecule has 1 N–H and O–H groups in total. The number of rotatable bonds is 2. The van der Waals surface area contributed by atoms with Gasteiger partial charge >= 0.3 is 0 Å². The van der Waals surface area contributed by atoms with Crippen LogP contribution >= 0.6 is 0 Å². The Kier molecular flexibility index (Phi) is 2.40. The minimum Gasteiger partial charge on any atom is -0.314 e. The van der Waals surface area contributed by atoms with Gasteiger partial charge in [0, 0.05) is 13.2 Å². The van der Waals surface area contributed by atoms with Crippen LogP contribution in [0.5, 0.6) is 0 Å². The summed E-state index contributed by atoms with van der Waals surface area (Å²) in [6.07, 6.45) is 5.30. The van der Waals surface area contributed by atoms with Crippen molar-refractivity contribution in [1.29, 1.82) is 0 Å². The fraction of sp³-hybridized carbons (Fsp3) is 0.538. The predicted molar refractivity (Wildman–Crippen MR) is 67.7 cm³/mol. The van der Waals surface area contributed by atoms with Crippen LogP contribution in [0.2, 0.25) is 0 Å². The van der Waals surface area contributed by atoms with Gasteiger partial charge in [0.25, 0.3) is 0 Å². The molecule has 0 amide bonds. The molecule has 0 bridgehead atoms. The second-order valence-corrected chi connectivity index (χ2v) is 4.81. The summed E-state index contributed by atoms with van der Waals surface area (Å²) >= 11 is 0. The number of imidazole rings is 1. The number of aromatic nitrogens is 3. The minimum absolute atomic E-state index is 0.0510. The number of nitrogens with one attached hydrogen (secondary N) is 1. The van der Waals surface area contributed by atoms with E-state index in [-0.39, 0.29) is 5.54 Å². The van der Waals surface area contributed by atoms with E-state index in [1.807, 2.05) is 18.3 Å². The third-order valence-electron chi connectivity index (χ3n) is 3.90. The van der Waals surface area contributed by atoms with Gasteiger partial charge in [0.15, 0.2) is 5.65 Å². The Bertz CT molecular complexity index is 537. The number of pyridine rings is 1. The number of aryl methyl sites for hydroxylation is 1. The number of nitrogens with zero attached hydrogens (tertiary/aromatic N) is 3. The molecule has 0 radical (unpaired) electrons. The molecule has 3 rings (SSSR count). The first kappa shape index (κ1) is 10.7. The van der Waals surface area contributed by atoms with Crippen LogP contribution in [0.4, 0.5) is 0 Å². The van der Waals surface area contributed by atoms with Crippen molar-refractivity contribution < 1.29 is 0 Å². The van der Waals surface area contributed by atoms with Gasteiger partial charge in [-0.2, -0.15) is 0 Å². The number of hydrogen-bond donors (Lipinski definition) is 1. The van der Waals surface area contributed by atoms with Crippen LogP contribution in [0.3, 0.4) is 0 Å². The molecule has 1 saturated heterocycles. The number of fused-ring (bicyclic) bond motifs is 1. The van der Waals surface area contributed by atoms with Gasteiger partial charge in [0.1, 0.15) is 11.3 Å². The van der Waals surface area contributed by atoms with Gasteiger partial charge in [-0.25, -0.2) is 9.97 Å². The molecular weight excluding hydrogens is 212 g/mol. The summed E-state index contributed by atoms with van der Waals surface area (Å²) in [5, 5.41) is 3.63. The van der Waals surface area contributed by atoms with Crippen molar-refractivity contribution >= 4 is 11.2 Å². The largest absolute Gasteiger partial charge is 0.314 e. The fourth-order valence-electron chi connectivity index (χ4n) is 2.91. The topological polar surface area (TPSA) is 42.7 Å². The van der Waals surface area contributed by atoms with Crippen molar-refractivity contribution in [3.63, 3.8) is 0 Å². The van der Waals surface area contributed by atoms with Gasteiger partial charge in [0.05, 0.1) is 5.54 Å². The third-order valence-corrected chi connectivity index (χ3v) is 3.90. The summed E-state index contributed by atoms with van der Waals surface area (Å²) in [6, 6.07) is 3.98. The summed E-state index contributed by atoms with van der Waals surface area (Å²) in [5.74, 6) is 1.13. The lowest BCUT2D eigenvalue weighted by Crippen LogP contribution is -2.38. The molecule has 3 heterocycles. The molecule has 0 saturated carbocycles. The maximum Gasteiger partial charge on any atom is 0.159 e. The van der Waals surface area contributed by atoms with E-state index in [4.69, 9.17) is 4.98 Å². The van der Waals surface area contributed by atoms with E-state index in [1.165, 1.54) is 12.8 Å². The van der Waals surface area contributed by atoms with Crippen LogP contribution < -0.4 is 5.32 Å². The molecule has 1 aliphatic rings. The van der Waals surface area contributed by atoms with Crippen LogP contribution in [0.1, 0.15) is 32.0 Å². The summed E-state index contributed by atoms with van der Waals surface area (Å²) in [7, 11) is 2.06. The third kappa shape index (κ3) is 1.47. The van der Waals surface area contributed by atoms with E-state index in [0.29, 0.717) is 0 Å². The van der Waals surface area contributed by atoms with E-state index in [9.17, 15) is 0 Å². The van der Waals surface area contributed by atoms with Crippen LogP contribution in [-0.2, 0) is 12.6 Å². The van der Waals surface area contributed by atoms with Gasteiger partial charge in [-0.3, -0.25) is 0 Å². The second kappa shape index (κ2) is 3.81. The molecule has 4 nitrogen and oxygen atoms in total. The molecule has 1 aliphatic heterocycles. The average Bonchev–Trinajstić information content (AvgIpc) is 2.96. The Morgan fingerprint density at radius 2 is 2.41 bits per heavy atom. The van der Waals surface area contributed by atoms with Crippen molar-refractivity contribution in [2.24, 2.45) is 7.05 Å². The lowest BCUT2D eigenvalue weighted by molar-refractivity contribution is 0.345. The number of hydrogen-bond acceptors (Lipinski definition) is 3. The maximum atomic E-state index is 4.78. The highest BCUT2D eigenvalue weighted by atomic mass is 15.2. The summed E-state index contributed by atoms with van der Waals surface area (Å²) in [4.78, 5) is 9.19. The molecule has 2 aromatic rings. The molecule has 1 atom stereocenters. The highest BCUT2D eigenvalue weighted by Gasteiger charge is 2.37. The SMILES string of the molecule is CCC1(c2nc3cccnc3n2C)CCCN1. The van der Waals surface area contributed by atoms with E-state index < -0.39 is 0 Å². The van der Waals surface area contributed by atoms with Crippen molar-refractivity contribution in [2.45, 2.75) is 31.7 Å². The summed E-state index contributed by atoms with van der Waals surface area (Å²) < 4.78 is 2.14. The molecule has 0 aromatic carbocycles. The van der Waals surface area contributed by atoms with Gasteiger partial charge in [-0.05, 0) is 37.9 Å². The molecule has 0 aliphatic carbocycles. The first-order valence-electron chi connectivity index (χ1n) is 6.30. The lowest BCUT2D eigenvalue weighted by Gasteiger charge is -2.27. The molecule has 2 aromatic heterocycles. The van der Waals surface area contributed by atoms with Crippen LogP contribution in [0.15, 0.2) is 18.3 Å². The molecule has 1 unspecified atom stereocenters. The molecule has 0 spiro atoms. The average molecular weight is 230 g/mol. The van der Waals surface area contributed by atoms with Gasteiger partial charge in [-0.1, -0.05) is 6.92 Å². The molecule has 90 valence electrons. The van der Waals surface area contributed by atoms with E-state index in [2.05, 4.69) is 28.8 Å². The van der Waals surface area contributed by atoms with Crippen molar-refractivity contribution in [1.82, 2.24) is 19.9 Å². The first-order valence-corrected chi connectivity index (χ1v) is 6.30. The predicted octanol–water partition coefficient (Wildman–Crippen LogP) is 1.96. The lowest BCUT2D eigenvalue weighted by atomic mass is 9.93. The van der Waals surface area contributed by atoms with Crippen LogP contribution in [0.25, 0.3) is 11.2 Å². The normalized spacial score (nSPS) is 24.6. The minimum atomic E-state index is 0.0510. The van der Waals surface area contributed by atoms with E-state index in [1.54, 1.807) is 0 Å². The van der Waals surface area contributed by atoms with Crippen molar-refractivity contribution in [3.8, 4) is 0 Å². The monoisotopic (exact) mass is 230 g/mol. The first-order chi connectivity index (χ1) is 8.27. The van der Waals surface area contributed by atoms with Crippen molar-refractivity contribution in [2.75, 3.05) is 6.54 Å². The highest BCUT2D eigenvalue weighted by molar-refractivity contribution is 5.71. The summed E-state index contributed by atoms with van der Waals surface area (Å²) in [6.45, 7) is 3.32. The van der Waals surface area contributed by atoms with E-state index >= 15 is 0 Å². The zero-order chi connectivity index (χ0) is 11.9. The van der Waals surface area contributed by atoms with Crippen molar-refractivity contribution in [3.05, 3.63) is 24.2 Å². The molecule has 1 fully saturated rings.